The molecule has 0 atom stereocenters. The van der Waals surface area contributed by atoms with Crippen molar-refractivity contribution >= 4 is 34.0 Å². The Balaban J connectivity index is 0.00000370. The van der Waals surface area contributed by atoms with Gasteiger partial charge in [0.25, 0.3) is 0 Å². The number of benzene rings is 3. The molecule has 0 spiro atoms. The maximum absolute atomic E-state index is 13.4. The highest BCUT2D eigenvalue weighted by Crippen LogP contribution is 2.33. The first-order valence-corrected chi connectivity index (χ1v) is 13.6. The van der Waals surface area contributed by atoms with Gasteiger partial charge in [0.15, 0.2) is 0 Å². The van der Waals surface area contributed by atoms with Gasteiger partial charge < -0.3 is 14.5 Å². The molecule has 0 fully saturated rings. The van der Waals surface area contributed by atoms with E-state index in [0.29, 0.717) is 16.6 Å². The van der Waals surface area contributed by atoms with Gasteiger partial charge in [0.05, 0.1) is 10.5 Å². The number of ether oxygens (including phenoxy) is 1. The molecule has 0 saturated heterocycles. The van der Waals surface area contributed by atoms with Gasteiger partial charge in [-0.05, 0) is 78.6 Å². The number of fused-ring (bicyclic) bond motifs is 1. The third-order valence-corrected chi connectivity index (χ3v) is 6.81. The fourth-order valence-corrected chi connectivity index (χ4v) is 4.68. The van der Waals surface area contributed by atoms with Gasteiger partial charge in [-0.3, -0.25) is 0 Å². The van der Waals surface area contributed by atoms with Crippen LogP contribution in [0.3, 0.4) is 0 Å². The lowest BCUT2D eigenvalue weighted by molar-refractivity contribution is 0.306. The van der Waals surface area contributed by atoms with Gasteiger partial charge in [-0.1, -0.05) is 57.8 Å². The molecule has 5 nitrogen and oxygen atoms in total. The SMILES string of the molecule is C.CC(C)CCCCc1ccc(-c2ccc3ncnc(Nc4ccc(OCc5cccc(F)c5)c(Cl)c4)c3c2)o1. The molecule has 0 aliphatic heterocycles. The Morgan fingerprint density at radius 1 is 0.975 bits per heavy atom. The largest absolute Gasteiger partial charge is 0.487 e. The van der Waals surface area contributed by atoms with E-state index in [1.807, 2.05) is 30.3 Å². The zero-order valence-corrected chi connectivity index (χ0v) is 22.8. The van der Waals surface area contributed by atoms with Crippen molar-refractivity contribution in [1.29, 1.82) is 0 Å². The maximum Gasteiger partial charge on any atom is 0.141 e. The molecular weight excluding hydrogens is 525 g/mol. The summed E-state index contributed by atoms with van der Waals surface area (Å²) >= 11 is 6.50. The molecule has 7 heteroatoms. The molecule has 3 aromatic carbocycles. The van der Waals surface area contributed by atoms with Crippen LogP contribution < -0.4 is 10.1 Å². The van der Waals surface area contributed by atoms with Crippen LogP contribution in [0.15, 0.2) is 83.5 Å². The number of unbranched alkanes of at least 4 members (excludes halogenated alkanes) is 1. The molecule has 0 saturated carbocycles. The van der Waals surface area contributed by atoms with Crippen LogP contribution in [-0.2, 0) is 13.0 Å². The van der Waals surface area contributed by atoms with Crippen molar-refractivity contribution in [2.75, 3.05) is 5.32 Å². The Morgan fingerprint density at radius 3 is 2.65 bits per heavy atom. The zero-order valence-electron chi connectivity index (χ0n) is 22.1. The van der Waals surface area contributed by atoms with Crippen molar-refractivity contribution in [1.82, 2.24) is 9.97 Å². The summed E-state index contributed by atoms with van der Waals surface area (Å²) in [5.41, 5.74) is 3.27. The molecule has 0 amide bonds. The van der Waals surface area contributed by atoms with Gasteiger partial charge in [0, 0.05) is 23.1 Å². The fraction of sp³-hybridized carbons (Fsp3) is 0.273. The third-order valence-electron chi connectivity index (χ3n) is 6.51. The van der Waals surface area contributed by atoms with Crippen LogP contribution in [0.1, 0.15) is 51.9 Å². The minimum absolute atomic E-state index is 0. The van der Waals surface area contributed by atoms with E-state index in [9.17, 15) is 4.39 Å². The van der Waals surface area contributed by atoms with Crippen LogP contribution in [0.5, 0.6) is 5.75 Å². The van der Waals surface area contributed by atoms with Gasteiger partial charge in [-0.25, -0.2) is 14.4 Å². The predicted octanol–water partition coefficient (Wildman–Crippen LogP) is 10.0. The molecule has 208 valence electrons. The lowest BCUT2D eigenvalue weighted by Gasteiger charge is -2.12. The number of aryl methyl sites for hydroxylation is 1. The molecular formula is C33H35ClFN3O2. The number of furan rings is 1. The molecule has 2 aromatic heterocycles. The summed E-state index contributed by atoms with van der Waals surface area (Å²) in [5.74, 6) is 3.44. The second-order valence-electron chi connectivity index (χ2n) is 10.0. The van der Waals surface area contributed by atoms with Gasteiger partial charge in [-0.2, -0.15) is 0 Å². The van der Waals surface area contributed by atoms with E-state index in [1.165, 1.54) is 31.3 Å². The first kappa shape index (κ1) is 29.1. The number of anilines is 2. The Bertz CT molecular complexity index is 1570. The van der Waals surface area contributed by atoms with E-state index in [-0.39, 0.29) is 19.9 Å². The predicted molar refractivity (Wildman–Crippen MR) is 162 cm³/mol. The Labute approximate surface area is 240 Å². The van der Waals surface area contributed by atoms with Crippen molar-refractivity contribution in [3.8, 4) is 17.1 Å². The molecule has 40 heavy (non-hydrogen) atoms. The summed E-state index contributed by atoms with van der Waals surface area (Å²) < 4.78 is 25.4. The van der Waals surface area contributed by atoms with E-state index < -0.39 is 0 Å². The lowest BCUT2D eigenvalue weighted by atomic mass is 10.0. The molecule has 5 rings (SSSR count). The van der Waals surface area contributed by atoms with Crippen molar-refractivity contribution in [3.05, 3.63) is 101 Å². The van der Waals surface area contributed by atoms with E-state index >= 15 is 0 Å². The van der Waals surface area contributed by atoms with Crippen molar-refractivity contribution < 1.29 is 13.5 Å². The molecule has 1 N–H and O–H groups in total. The summed E-state index contributed by atoms with van der Waals surface area (Å²) in [4.78, 5) is 8.90. The summed E-state index contributed by atoms with van der Waals surface area (Å²) in [6, 6.07) is 21.8. The maximum atomic E-state index is 13.4. The van der Waals surface area contributed by atoms with Crippen LogP contribution >= 0.6 is 11.6 Å². The minimum Gasteiger partial charge on any atom is -0.487 e. The number of hydrogen-bond acceptors (Lipinski definition) is 5. The summed E-state index contributed by atoms with van der Waals surface area (Å²) in [6.45, 7) is 4.73. The standard InChI is InChI=1S/C32H31ClFN3O2.CH4/c1-21(2)6-3-4-9-26-12-15-30(39-26)23-10-13-29-27(17-23)32(36-20-35-29)37-25-11-14-31(28(33)18-25)38-19-22-7-5-8-24(34)16-22;/h5,7-8,10-18,20-21H,3-4,6,9,19H2,1-2H3,(H,35,36,37);1H4. The highest BCUT2D eigenvalue weighted by atomic mass is 35.5. The second-order valence-corrected chi connectivity index (χ2v) is 10.5. The molecule has 2 heterocycles. The zero-order chi connectivity index (χ0) is 27.2. The number of hydrogen-bond donors (Lipinski definition) is 1. The van der Waals surface area contributed by atoms with Gasteiger partial charge in [-0.15, -0.1) is 0 Å². The first-order chi connectivity index (χ1) is 18.9. The van der Waals surface area contributed by atoms with E-state index in [1.54, 1.807) is 24.3 Å². The first-order valence-electron chi connectivity index (χ1n) is 13.2. The van der Waals surface area contributed by atoms with Crippen LogP contribution in [0, 0.1) is 11.7 Å². The molecule has 0 aliphatic rings. The summed E-state index contributed by atoms with van der Waals surface area (Å²) in [6.07, 6.45) is 6.05. The van der Waals surface area contributed by atoms with E-state index in [2.05, 4.69) is 35.2 Å². The topological polar surface area (TPSA) is 60.2 Å². The Kier molecular flexibility index (Phi) is 9.78. The van der Waals surface area contributed by atoms with Gasteiger partial charge in [0.2, 0.25) is 0 Å². The lowest BCUT2D eigenvalue weighted by Crippen LogP contribution is -1.99. The average Bonchev–Trinajstić information content (AvgIpc) is 3.40. The van der Waals surface area contributed by atoms with E-state index in [0.717, 1.165) is 58.0 Å². The highest BCUT2D eigenvalue weighted by molar-refractivity contribution is 6.32. The molecule has 0 bridgehead atoms. The average molecular weight is 560 g/mol. The monoisotopic (exact) mass is 559 g/mol. The number of rotatable bonds is 11. The summed E-state index contributed by atoms with van der Waals surface area (Å²) in [5, 5.41) is 4.66. The molecule has 0 aliphatic carbocycles. The second kappa shape index (κ2) is 13.4. The normalized spacial score (nSPS) is 11.0. The number of nitrogens with zero attached hydrogens (tertiary/aromatic N) is 2. The smallest absolute Gasteiger partial charge is 0.141 e. The van der Waals surface area contributed by atoms with Crippen LogP contribution in [0.2, 0.25) is 5.02 Å². The van der Waals surface area contributed by atoms with E-state index in [4.69, 9.17) is 20.8 Å². The van der Waals surface area contributed by atoms with Crippen molar-refractivity contribution in [3.63, 3.8) is 0 Å². The summed E-state index contributed by atoms with van der Waals surface area (Å²) in [7, 11) is 0. The number of aromatic nitrogens is 2. The Hall–Kier alpha value is -3.90. The van der Waals surface area contributed by atoms with Crippen LogP contribution in [-0.4, -0.2) is 9.97 Å². The molecule has 0 unspecified atom stereocenters. The van der Waals surface area contributed by atoms with Crippen LogP contribution in [0.25, 0.3) is 22.2 Å². The van der Waals surface area contributed by atoms with Gasteiger partial charge >= 0.3 is 0 Å². The van der Waals surface area contributed by atoms with Crippen LogP contribution in [0.4, 0.5) is 15.9 Å². The Morgan fingerprint density at radius 2 is 1.85 bits per heavy atom. The third kappa shape index (κ3) is 7.39. The van der Waals surface area contributed by atoms with Crippen molar-refractivity contribution in [2.45, 2.75) is 53.6 Å². The minimum atomic E-state index is -0.299. The van der Waals surface area contributed by atoms with Crippen molar-refractivity contribution in [2.24, 2.45) is 5.92 Å². The quantitative estimate of drug-likeness (QED) is 0.163. The highest BCUT2D eigenvalue weighted by Gasteiger charge is 2.11. The number of nitrogens with one attached hydrogen (secondary N) is 1. The molecule has 5 aromatic rings. The van der Waals surface area contributed by atoms with Gasteiger partial charge in [0.1, 0.15) is 41.8 Å². The molecule has 0 radical (unpaired) electrons. The fourth-order valence-electron chi connectivity index (χ4n) is 4.45. The number of halogens is 2.